The fraction of sp³-hybridized carbons (Fsp3) is 0.0476. The highest BCUT2D eigenvalue weighted by molar-refractivity contribution is 6.33. The highest BCUT2D eigenvalue weighted by Gasteiger charge is 2.12. The molecule has 3 aromatic rings. The second kappa shape index (κ2) is 9.53. The Balaban J connectivity index is 1.83. The van der Waals surface area contributed by atoms with Crippen molar-refractivity contribution in [3.05, 3.63) is 78.0 Å². The van der Waals surface area contributed by atoms with Gasteiger partial charge in [0.1, 0.15) is 5.02 Å². The average Bonchev–Trinajstić information content (AvgIpc) is 2.76. The number of aromatic nitrogens is 2. The zero-order chi connectivity index (χ0) is 21.5. The van der Waals surface area contributed by atoms with Gasteiger partial charge in [0.25, 0.3) is 5.91 Å². The van der Waals surface area contributed by atoms with Crippen molar-refractivity contribution < 1.29 is 9.59 Å². The maximum atomic E-state index is 12.1. The van der Waals surface area contributed by atoms with Gasteiger partial charge in [-0.05, 0) is 36.4 Å². The molecule has 0 aliphatic rings. The van der Waals surface area contributed by atoms with Crippen LogP contribution in [0.3, 0.4) is 0 Å². The molecule has 0 spiro atoms. The summed E-state index contributed by atoms with van der Waals surface area (Å²) in [5.41, 5.74) is 2.26. The van der Waals surface area contributed by atoms with Crippen molar-refractivity contribution in [3.63, 3.8) is 0 Å². The van der Waals surface area contributed by atoms with Crippen LogP contribution < -0.4 is 21.3 Å². The van der Waals surface area contributed by atoms with Gasteiger partial charge in [-0.25, -0.2) is 4.98 Å². The molecule has 0 radical (unpaired) electrons. The molecule has 0 saturated heterocycles. The normalized spacial score (nSPS) is 10.1. The number of para-hydroxylation sites is 1. The van der Waals surface area contributed by atoms with Gasteiger partial charge in [-0.2, -0.15) is 4.98 Å². The zero-order valence-electron chi connectivity index (χ0n) is 16.1. The minimum atomic E-state index is -0.309. The number of rotatable bonds is 7. The van der Waals surface area contributed by atoms with E-state index in [1.54, 1.807) is 55.6 Å². The number of carbonyl (C=O) groups is 2. The van der Waals surface area contributed by atoms with Gasteiger partial charge < -0.3 is 21.3 Å². The summed E-state index contributed by atoms with van der Waals surface area (Å²) in [5.74, 6) is 0.0735. The first-order valence-electron chi connectivity index (χ1n) is 8.91. The first-order valence-corrected chi connectivity index (χ1v) is 9.29. The van der Waals surface area contributed by atoms with E-state index < -0.39 is 0 Å². The molecular weight excluding hydrogens is 404 g/mol. The molecule has 3 rings (SSSR count). The summed E-state index contributed by atoms with van der Waals surface area (Å²) in [6.45, 7) is 3.43. The van der Waals surface area contributed by atoms with Gasteiger partial charge in [-0.1, -0.05) is 36.4 Å². The monoisotopic (exact) mass is 422 g/mol. The van der Waals surface area contributed by atoms with Gasteiger partial charge >= 0.3 is 0 Å². The molecule has 4 N–H and O–H groups in total. The number of benzene rings is 2. The van der Waals surface area contributed by atoms with Crippen LogP contribution in [0.25, 0.3) is 0 Å². The maximum Gasteiger partial charge on any atom is 0.253 e. The molecule has 0 fully saturated rings. The van der Waals surface area contributed by atoms with Gasteiger partial charge in [0.15, 0.2) is 5.82 Å². The molecule has 2 aromatic carbocycles. The van der Waals surface area contributed by atoms with Crippen LogP contribution in [0.15, 0.2) is 67.4 Å². The number of hydrogen-bond donors (Lipinski definition) is 4. The van der Waals surface area contributed by atoms with Crippen LogP contribution in [0.1, 0.15) is 10.4 Å². The van der Waals surface area contributed by atoms with E-state index in [1.807, 2.05) is 0 Å². The van der Waals surface area contributed by atoms with Crippen LogP contribution >= 0.6 is 11.6 Å². The van der Waals surface area contributed by atoms with E-state index in [0.717, 1.165) is 0 Å². The Kier molecular flexibility index (Phi) is 6.61. The van der Waals surface area contributed by atoms with E-state index in [2.05, 4.69) is 37.8 Å². The number of hydrogen-bond acceptors (Lipinski definition) is 6. The molecule has 0 unspecified atom stereocenters. The predicted molar refractivity (Wildman–Crippen MR) is 119 cm³/mol. The second-order valence-corrected chi connectivity index (χ2v) is 6.45. The predicted octanol–water partition coefficient (Wildman–Crippen LogP) is 4.10. The van der Waals surface area contributed by atoms with E-state index in [1.165, 1.54) is 12.3 Å². The third-order valence-electron chi connectivity index (χ3n) is 3.97. The van der Waals surface area contributed by atoms with Gasteiger partial charge in [0.2, 0.25) is 11.9 Å². The lowest BCUT2D eigenvalue weighted by Crippen LogP contribution is -2.19. The van der Waals surface area contributed by atoms with E-state index in [0.29, 0.717) is 33.5 Å². The smallest absolute Gasteiger partial charge is 0.253 e. The lowest BCUT2D eigenvalue weighted by Gasteiger charge is -2.13. The number of anilines is 5. The molecule has 2 amide bonds. The number of halogens is 1. The van der Waals surface area contributed by atoms with Crippen LogP contribution in [0.2, 0.25) is 5.02 Å². The summed E-state index contributed by atoms with van der Waals surface area (Å²) in [4.78, 5) is 32.1. The molecule has 0 aliphatic carbocycles. The average molecular weight is 423 g/mol. The van der Waals surface area contributed by atoms with E-state index in [9.17, 15) is 9.59 Å². The van der Waals surface area contributed by atoms with Crippen molar-refractivity contribution in [3.8, 4) is 0 Å². The van der Waals surface area contributed by atoms with Crippen molar-refractivity contribution in [1.29, 1.82) is 0 Å². The third-order valence-corrected chi connectivity index (χ3v) is 4.24. The summed E-state index contributed by atoms with van der Waals surface area (Å²) >= 11 is 6.24. The van der Waals surface area contributed by atoms with Crippen molar-refractivity contribution in [2.75, 3.05) is 23.0 Å². The van der Waals surface area contributed by atoms with Crippen LogP contribution in [-0.4, -0.2) is 28.8 Å². The molecule has 0 atom stereocenters. The zero-order valence-corrected chi connectivity index (χ0v) is 16.8. The van der Waals surface area contributed by atoms with Gasteiger partial charge in [0.05, 0.1) is 17.4 Å². The lowest BCUT2D eigenvalue weighted by atomic mass is 10.1. The summed E-state index contributed by atoms with van der Waals surface area (Å²) < 4.78 is 0. The first-order chi connectivity index (χ1) is 14.5. The van der Waals surface area contributed by atoms with Crippen LogP contribution in [0.5, 0.6) is 0 Å². The highest BCUT2D eigenvalue weighted by atomic mass is 35.5. The van der Waals surface area contributed by atoms with Crippen molar-refractivity contribution in [1.82, 2.24) is 15.3 Å². The molecular formula is C21H19ClN6O2. The molecule has 0 aliphatic heterocycles. The number of nitrogens with zero attached hydrogens (tertiary/aromatic N) is 2. The van der Waals surface area contributed by atoms with Gasteiger partial charge in [0, 0.05) is 18.4 Å². The molecule has 1 heterocycles. The molecule has 30 heavy (non-hydrogen) atoms. The van der Waals surface area contributed by atoms with Gasteiger partial charge in [-0.15, -0.1) is 0 Å². The standard InChI is InChI=1S/C21H19ClN6O2/c1-3-18(29)25-13-7-6-8-14(11-13)26-21-24-12-16(22)19(28-21)27-17-10-5-4-9-15(17)20(30)23-2/h3-12H,1H2,2H3,(H,23,30)(H,25,29)(H2,24,26,27,28). The van der Waals surface area contributed by atoms with E-state index >= 15 is 0 Å². The second-order valence-electron chi connectivity index (χ2n) is 6.04. The van der Waals surface area contributed by atoms with Crippen LogP contribution in [0.4, 0.5) is 28.8 Å². The minimum absolute atomic E-state index is 0.236. The summed E-state index contributed by atoms with van der Waals surface area (Å²) in [6, 6.07) is 14.1. The molecule has 9 heteroatoms. The highest BCUT2D eigenvalue weighted by Crippen LogP contribution is 2.27. The van der Waals surface area contributed by atoms with E-state index in [4.69, 9.17) is 11.6 Å². The van der Waals surface area contributed by atoms with Crippen molar-refractivity contribution in [2.24, 2.45) is 0 Å². The van der Waals surface area contributed by atoms with Crippen LogP contribution in [0, 0.1) is 0 Å². The van der Waals surface area contributed by atoms with Crippen molar-refractivity contribution >= 4 is 52.2 Å². The van der Waals surface area contributed by atoms with Gasteiger partial charge in [-0.3, -0.25) is 9.59 Å². The molecule has 1 aromatic heterocycles. The number of amides is 2. The van der Waals surface area contributed by atoms with Crippen LogP contribution in [-0.2, 0) is 4.79 Å². The van der Waals surface area contributed by atoms with Crippen molar-refractivity contribution in [2.45, 2.75) is 0 Å². The SMILES string of the molecule is C=CC(=O)Nc1cccc(Nc2ncc(Cl)c(Nc3ccccc3C(=O)NC)n2)c1. The Morgan fingerprint density at radius 2 is 1.83 bits per heavy atom. The third kappa shape index (κ3) is 5.12. The largest absolute Gasteiger partial charge is 0.355 e. The Hall–Kier alpha value is -3.91. The Morgan fingerprint density at radius 3 is 2.60 bits per heavy atom. The fourth-order valence-electron chi connectivity index (χ4n) is 2.56. The first kappa shape index (κ1) is 20.8. The Bertz CT molecular complexity index is 1100. The topological polar surface area (TPSA) is 108 Å². The molecule has 0 bridgehead atoms. The lowest BCUT2D eigenvalue weighted by molar-refractivity contribution is -0.111. The Labute approximate surface area is 178 Å². The molecule has 152 valence electrons. The molecule has 0 saturated carbocycles. The fourth-order valence-corrected chi connectivity index (χ4v) is 2.70. The summed E-state index contributed by atoms with van der Waals surface area (Å²) in [5, 5.41) is 11.7. The number of carbonyl (C=O) groups excluding carboxylic acids is 2. The Morgan fingerprint density at radius 1 is 1.07 bits per heavy atom. The summed E-state index contributed by atoms with van der Waals surface area (Å²) in [7, 11) is 1.56. The summed E-state index contributed by atoms with van der Waals surface area (Å²) in [6.07, 6.45) is 2.64. The minimum Gasteiger partial charge on any atom is -0.355 e. The number of nitrogens with one attached hydrogen (secondary N) is 4. The quantitative estimate of drug-likeness (QED) is 0.427. The molecule has 8 nitrogen and oxygen atoms in total. The maximum absolute atomic E-state index is 12.1. The van der Waals surface area contributed by atoms with E-state index in [-0.39, 0.29) is 17.8 Å².